The van der Waals surface area contributed by atoms with Gasteiger partial charge >= 0.3 is 5.97 Å². The van der Waals surface area contributed by atoms with Crippen molar-refractivity contribution in [1.29, 1.82) is 0 Å². The van der Waals surface area contributed by atoms with Crippen molar-refractivity contribution in [3.8, 4) is 17.2 Å². The fourth-order valence-electron chi connectivity index (χ4n) is 6.33. The monoisotopic (exact) mass is 769 g/mol. The molecule has 3 amide bonds. The highest BCUT2D eigenvalue weighted by molar-refractivity contribution is 5.97. The Bertz CT molecular complexity index is 2120. The topological polar surface area (TPSA) is 146 Å². The van der Waals surface area contributed by atoms with Crippen LogP contribution in [0.3, 0.4) is 0 Å². The lowest BCUT2D eigenvalue weighted by Crippen LogP contribution is -2.57. The molecule has 5 aromatic carbocycles. The van der Waals surface area contributed by atoms with Crippen molar-refractivity contribution in [2.24, 2.45) is 0 Å². The van der Waals surface area contributed by atoms with Gasteiger partial charge in [-0.1, -0.05) is 103 Å². The van der Waals surface area contributed by atoms with Crippen LogP contribution < -0.4 is 14.8 Å². The van der Waals surface area contributed by atoms with E-state index in [4.69, 9.17) is 9.47 Å². The quantitative estimate of drug-likeness (QED) is 0.0929. The number of para-hydroxylation sites is 1. The van der Waals surface area contributed by atoms with E-state index in [1.807, 2.05) is 54.6 Å². The van der Waals surface area contributed by atoms with E-state index in [2.05, 4.69) is 5.32 Å². The highest BCUT2D eigenvalue weighted by atomic mass is 16.5. The Labute approximate surface area is 332 Å². The fraction of sp³-hybridized carbons (Fsp3) is 0.217. The van der Waals surface area contributed by atoms with Crippen LogP contribution >= 0.6 is 0 Å². The number of carboxylic acids is 1. The molecule has 0 saturated carbocycles. The molecular formula is C46H47N3O8. The zero-order valence-corrected chi connectivity index (χ0v) is 32.2. The van der Waals surface area contributed by atoms with Crippen LogP contribution in [0.4, 0.5) is 0 Å². The number of carbonyl (C=O) groups excluding carboxylic acids is 3. The van der Waals surface area contributed by atoms with Crippen LogP contribution in [0.1, 0.15) is 27.8 Å². The largest absolute Gasteiger partial charge is 0.508 e. The Morgan fingerprint density at radius 1 is 0.649 bits per heavy atom. The molecule has 3 atom stereocenters. The van der Waals surface area contributed by atoms with E-state index in [9.17, 15) is 29.4 Å². The van der Waals surface area contributed by atoms with E-state index in [0.29, 0.717) is 34.8 Å². The summed E-state index contributed by atoms with van der Waals surface area (Å²) in [5, 5.41) is 23.0. The maximum absolute atomic E-state index is 14.6. The van der Waals surface area contributed by atoms with E-state index >= 15 is 0 Å². The minimum Gasteiger partial charge on any atom is -0.508 e. The van der Waals surface area contributed by atoms with E-state index in [1.165, 1.54) is 49.2 Å². The minimum absolute atomic E-state index is 0.0326. The Kier molecular flexibility index (Phi) is 14.6. The Morgan fingerprint density at radius 3 is 1.81 bits per heavy atom. The SMILES string of the molecule is COc1ccc(C[C@@H](C(=O)N(C)[C@@H](Cc2ccccc2)C(=O)O)N(C)C(=O)[C@@H](Cc2ccc(O)cc2)NC(=O)/C=C/c2ccccc2OCc2ccccc2)cc1. The number of methoxy groups -OCH3 is 1. The van der Waals surface area contributed by atoms with E-state index < -0.39 is 41.8 Å². The summed E-state index contributed by atoms with van der Waals surface area (Å²) < 4.78 is 11.3. The molecule has 5 aromatic rings. The third-order valence-corrected chi connectivity index (χ3v) is 9.62. The molecule has 5 rings (SSSR count). The van der Waals surface area contributed by atoms with Gasteiger partial charge in [0.25, 0.3) is 0 Å². The molecule has 11 nitrogen and oxygen atoms in total. The zero-order valence-electron chi connectivity index (χ0n) is 32.2. The molecule has 0 heterocycles. The first kappa shape index (κ1) is 41.3. The normalized spacial score (nSPS) is 12.5. The Balaban J connectivity index is 1.41. The van der Waals surface area contributed by atoms with Crippen LogP contribution in [0, 0.1) is 0 Å². The van der Waals surface area contributed by atoms with Crippen molar-refractivity contribution in [3.63, 3.8) is 0 Å². The molecule has 57 heavy (non-hydrogen) atoms. The predicted octanol–water partition coefficient (Wildman–Crippen LogP) is 5.94. The average Bonchev–Trinajstić information content (AvgIpc) is 3.24. The van der Waals surface area contributed by atoms with Crippen LogP contribution in [0.5, 0.6) is 17.2 Å². The van der Waals surface area contributed by atoms with Gasteiger partial charge in [-0.25, -0.2) is 4.79 Å². The number of benzene rings is 5. The van der Waals surface area contributed by atoms with Crippen molar-refractivity contribution >= 4 is 29.8 Å². The van der Waals surface area contributed by atoms with Crippen LogP contribution in [-0.2, 0) is 45.0 Å². The fourth-order valence-corrected chi connectivity index (χ4v) is 6.33. The third-order valence-electron chi connectivity index (χ3n) is 9.62. The first-order chi connectivity index (χ1) is 27.5. The number of hydrogen-bond acceptors (Lipinski definition) is 7. The molecular weight excluding hydrogens is 723 g/mol. The highest BCUT2D eigenvalue weighted by Crippen LogP contribution is 2.22. The van der Waals surface area contributed by atoms with Gasteiger partial charge in [0.2, 0.25) is 17.7 Å². The second kappa shape index (κ2) is 20.2. The molecule has 294 valence electrons. The van der Waals surface area contributed by atoms with E-state index in [-0.39, 0.29) is 25.0 Å². The Hall–Kier alpha value is -6.88. The lowest BCUT2D eigenvalue weighted by Gasteiger charge is -2.35. The summed E-state index contributed by atoms with van der Waals surface area (Å²) >= 11 is 0. The summed E-state index contributed by atoms with van der Waals surface area (Å²) in [4.78, 5) is 57.6. The van der Waals surface area contributed by atoms with Crippen molar-refractivity contribution in [2.75, 3.05) is 21.2 Å². The van der Waals surface area contributed by atoms with Crippen LogP contribution in [0.15, 0.2) is 140 Å². The maximum atomic E-state index is 14.6. The van der Waals surface area contributed by atoms with Gasteiger partial charge in [-0.15, -0.1) is 0 Å². The van der Waals surface area contributed by atoms with Crippen LogP contribution in [0.25, 0.3) is 6.08 Å². The number of ether oxygens (including phenoxy) is 2. The number of aromatic hydroxyl groups is 1. The first-order valence-electron chi connectivity index (χ1n) is 18.5. The lowest BCUT2D eigenvalue weighted by molar-refractivity contribution is -0.153. The molecule has 0 unspecified atom stereocenters. The molecule has 11 heteroatoms. The zero-order chi connectivity index (χ0) is 40.7. The van der Waals surface area contributed by atoms with Crippen LogP contribution in [-0.4, -0.2) is 83.0 Å². The molecule has 0 aromatic heterocycles. The molecule has 0 saturated heterocycles. The Morgan fingerprint density at radius 2 is 1.18 bits per heavy atom. The van der Waals surface area contributed by atoms with Gasteiger partial charge in [-0.3, -0.25) is 14.4 Å². The predicted molar refractivity (Wildman–Crippen MR) is 218 cm³/mol. The van der Waals surface area contributed by atoms with Crippen molar-refractivity contribution in [3.05, 3.63) is 167 Å². The van der Waals surface area contributed by atoms with Crippen molar-refractivity contribution < 1.29 is 38.9 Å². The van der Waals surface area contributed by atoms with Gasteiger partial charge in [-0.2, -0.15) is 0 Å². The minimum atomic E-state index is -1.22. The third kappa shape index (κ3) is 11.8. The summed E-state index contributed by atoms with van der Waals surface area (Å²) in [6.07, 6.45) is 3.05. The van der Waals surface area contributed by atoms with Crippen LogP contribution in [0.2, 0.25) is 0 Å². The number of hydrogen-bond donors (Lipinski definition) is 3. The molecule has 0 spiro atoms. The second-order valence-electron chi connectivity index (χ2n) is 13.6. The summed E-state index contributed by atoms with van der Waals surface area (Å²) in [6.45, 7) is 0.332. The number of nitrogens with one attached hydrogen (secondary N) is 1. The molecule has 0 aliphatic heterocycles. The first-order valence-corrected chi connectivity index (χ1v) is 18.5. The number of carboxylic acid groups (broad SMARTS) is 1. The summed E-state index contributed by atoms with van der Waals surface area (Å²) in [7, 11) is 4.44. The molecule has 0 aliphatic rings. The van der Waals surface area contributed by atoms with Gasteiger partial charge in [0.15, 0.2) is 0 Å². The van der Waals surface area contributed by atoms with E-state index in [0.717, 1.165) is 11.1 Å². The lowest BCUT2D eigenvalue weighted by atomic mass is 9.99. The molecule has 0 fully saturated rings. The van der Waals surface area contributed by atoms with Gasteiger partial charge < -0.3 is 34.8 Å². The van der Waals surface area contributed by atoms with Gasteiger partial charge in [-0.05, 0) is 58.7 Å². The number of rotatable bonds is 18. The number of phenols is 1. The number of carbonyl (C=O) groups is 4. The summed E-state index contributed by atoms with van der Waals surface area (Å²) in [5.74, 6) is -1.72. The maximum Gasteiger partial charge on any atom is 0.326 e. The van der Waals surface area contributed by atoms with E-state index in [1.54, 1.807) is 72.8 Å². The van der Waals surface area contributed by atoms with Gasteiger partial charge in [0.05, 0.1) is 7.11 Å². The molecule has 0 bridgehead atoms. The molecule has 3 N–H and O–H groups in total. The smallest absolute Gasteiger partial charge is 0.326 e. The van der Waals surface area contributed by atoms with Gasteiger partial charge in [0.1, 0.15) is 42.0 Å². The number of nitrogens with zero attached hydrogens (tertiary/aromatic N) is 2. The molecule has 0 radical (unpaired) electrons. The molecule has 0 aliphatic carbocycles. The second-order valence-corrected chi connectivity index (χ2v) is 13.6. The number of phenolic OH excluding ortho intramolecular Hbond substituents is 1. The standard InChI is InChI=1S/C46H47N3O8/c1-48(40(29-34-20-25-38(56-3)26-21-34)45(53)49(2)41(46(54)55)30-32-12-6-4-7-13-32)44(52)39(28-33-18-23-37(50)24-19-33)47-43(51)27-22-36-16-10-11-17-42(36)57-31-35-14-8-5-9-15-35/h4-27,39-41,50H,28-31H2,1-3H3,(H,47,51)(H,54,55)/b27-22+/t39-,40+,41+/m1/s1. The number of aliphatic carboxylic acids is 1. The van der Waals surface area contributed by atoms with Crippen molar-refractivity contribution in [1.82, 2.24) is 15.1 Å². The van der Waals surface area contributed by atoms with Gasteiger partial charge in [0, 0.05) is 45.0 Å². The summed E-state index contributed by atoms with van der Waals surface area (Å²) in [6, 6.07) is 35.7. The summed E-state index contributed by atoms with van der Waals surface area (Å²) in [5.41, 5.74) is 3.72. The number of likely N-dealkylation sites (N-methyl/N-ethyl adjacent to an activating group) is 2. The number of amides is 3. The van der Waals surface area contributed by atoms with Crippen molar-refractivity contribution in [2.45, 2.75) is 44.0 Å². The average molecular weight is 770 g/mol. The highest BCUT2D eigenvalue weighted by Gasteiger charge is 2.37.